The Morgan fingerprint density at radius 1 is 1.38 bits per heavy atom. The van der Waals surface area contributed by atoms with E-state index in [2.05, 4.69) is 5.32 Å². The molecule has 0 aliphatic carbocycles. The molecule has 0 fully saturated rings. The lowest BCUT2D eigenvalue weighted by atomic mass is 10.1. The smallest absolute Gasteiger partial charge is 0.264 e. The molecule has 8 nitrogen and oxygen atoms in total. The number of carbonyl (C=O) groups is 4. The van der Waals surface area contributed by atoms with E-state index in [4.69, 9.17) is 10.5 Å². The van der Waals surface area contributed by atoms with Crippen LogP contribution in [0, 0.1) is 0 Å². The molecule has 1 heterocycles. The van der Waals surface area contributed by atoms with Crippen LogP contribution in [0.2, 0.25) is 0 Å². The van der Waals surface area contributed by atoms with Crippen LogP contribution in [0.15, 0.2) is 12.1 Å². The van der Waals surface area contributed by atoms with Crippen molar-refractivity contribution in [2.75, 3.05) is 19.4 Å². The van der Waals surface area contributed by atoms with Gasteiger partial charge >= 0.3 is 0 Å². The van der Waals surface area contributed by atoms with Crippen LogP contribution in [0.4, 0.5) is 5.69 Å². The highest BCUT2D eigenvalue weighted by atomic mass is 16.5. The third-order valence-electron chi connectivity index (χ3n) is 3.81. The van der Waals surface area contributed by atoms with Gasteiger partial charge in [-0.3, -0.25) is 19.3 Å². The predicted octanol–water partition coefficient (Wildman–Crippen LogP) is 0.357. The van der Waals surface area contributed by atoms with Crippen molar-refractivity contribution in [2.24, 2.45) is 0 Å². The number of nitrogens with two attached hydrogens (primary N) is 1. The number of nitrogens with one attached hydrogen (secondary N) is 1. The van der Waals surface area contributed by atoms with Crippen LogP contribution in [0.3, 0.4) is 0 Å². The van der Waals surface area contributed by atoms with Crippen LogP contribution in [-0.4, -0.2) is 48.6 Å². The first kappa shape index (κ1) is 17.5. The van der Waals surface area contributed by atoms with Gasteiger partial charge in [0.15, 0.2) is 0 Å². The second kappa shape index (κ2) is 7.12. The van der Waals surface area contributed by atoms with Gasteiger partial charge in [0, 0.05) is 13.5 Å². The summed E-state index contributed by atoms with van der Waals surface area (Å²) in [5.41, 5.74) is 6.19. The van der Waals surface area contributed by atoms with Crippen molar-refractivity contribution in [1.29, 1.82) is 0 Å². The summed E-state index contributed by atoms with van der Waals surface area (Å²) in [5.74, 6) is -1.48. The Balaban J connectivity index is 2.45. The van der Waals surface area contributed by atoms with Gasteiger partial charge in [-0.1, -0.05) is 0 Å². The fourth-order valence-electron chi connectivity index (χ4n) is 2.69. The Labute approximate surface area is 138 Å². The first-order chi connectivity index (χ1) is 11.5. The van der Waals surface area contributed by atoms with Gasteiger partial charge in [0.25, 0.3) is 11.8 Å². The zero-order valence-electron chi connectivity index (χ0n) is 13.5. The van der Waals surface area contributed by atoms with E-state index in [-0.39, 0.29) is 29.7 Å². The average molecular weight is 333 g/mol. The molecular weight excluding hydrogens is 314 g/mol. The molecule has 0 saturated carbocycles. The molecule has 1 aromatic rings. The van der Waals surface area contributed by atoms with Crippen LogP contribution >= 0.6 is 0 Å². The second-order valence-corrected chi connectivity index (χ2v) is 5.19. The lowest BCUT2D eigenvalue weighted by Gasteiger charge is -2.24. The standard InChI is InChI=1S/C16H19N3O5/c1-3-24-11-7-6-9-12(13(11)17)16(23)19(15(9)22)10(5-4-8-20)14(21)18-2/h6-8,10H,3-5,17H2,1-2H3,(H,18,21). The van der Waals surface area contributed by atoms with E-state index in [0.29, 0.717) is 18.6 Å². The summed E-state index contributed by atoms with van der Waals surface area (Å²) in [6.45, 7) is 2.13. The Morgan fingerprint density at radius 2 is 2.08 bits per heavy atom. The highest BCUT2D eigenvalue weighted by Gasteiger charge is 2.44. The average Bonchev–Trinajstić information content (AvgIpc) is 2.82. The highest BCUT2D eigenvalue weighted by molar-refractivity contribution is 6.25. The van der Waals surface area contributed by atoms with E-state index in [9.17, 15) is 19.2 Å². The van der Waals surface area contributed by atoms with E-state index < -0.39 is 23.8 Å². The Morgan fingerprint density at radius 3 is 2.67 bits per heavy atom. The van der Waals surface area contributed by atoms with E-state index >= 15 is 0 Å². The number of nitrogen functional groups attached to an aromatic ring is 1. The first-order valence-corrected chi connectivity index (χ1v) is 7.56. The zero-order valence-corrected chi connectivity index (χ0v) is 13.5. The molecule has 24 heavy (non-hydrogen) atoms. The third-order valence-corrected chi connectivity index (χ3v) is 3.81. The number of nitrogens with zero attached hydrogens (tertiary/aromatic N) is 1. The maximum absolute atomic E-state index is 12.7. The number of hydrogen-bond acceptors (Lipinski definition) is 6. The number of carbonyl (C=O) groups excluding carboxylic acids is 4. The number of fused-ring (bicyclic) bond motifs is 1. The van der Waals surface area contributed by atoms with Crippen LogP contribution in [-0.2, 0) is 9.59 Å². The summed E-state index contributed by atoms with van der Waals surface area (Å²) in [4.78, 5) is 48.9. The maximum atomic E-state index is 12.7. The van der Waals surface area contributed by atoms with E-state index in [1.807, 2.05) is 0 Å². The van der Waals surface area contributed by atoms with Gasteiger partial charge in [-0.25, -0.2) is 0 Å². The molecule has 1 aromatic carbocycles. The first-order valence-electron chi connectivity index (χ1n) is 7.56. The minimum atomic E-state index is -1.07. The predicted molar refractivity (Wildman–Crippen MR) is 85.7 cm³/mol. The molecule has 3 amide bonds. The summed E-state index contributed by atoms with van der Waals surface area (Å²) < 4.78 is 5.34. The molecule has 0 aromatic heterocycles. The van der Waals surface area contributed by atoms with Crippen molar-refractivity contribution in [2.45, 2.75) is 25.8 Å². The van der Waals surface area contributed by atoms with Gasteiger partial charge in [-0.05, 0) is 25.5 Å². The Bertz CT molecular complexity index is 701. The third kappa shape index (κ3) is 2.82. The van der Waals surface area contributed by atoms with Crippen molar-refractivity contribution in [1.82, 2.24) is 10.2 Å². The summed E-state index contributed by atoms with van der Waals surface area (Å²) >= 11 is 0. The molecule has 1 aliphatic rings. The number of ether oxygens (including phenoxy) is 1. The minimum Gasteiger partial charge on any atom is -0.492 e. The minimum absolute atomic E-state index is 0.0333. The van der Waals surface area contributed by atoms with E-state index in [0.717, 1.165) is 4.90 Å². The molecular formula is C16H19N3O5. The summed E-state index contributed by atoms with van der Waals surface area (Å²) in [6, 6.07) is 1.91. The molecule has 0 bridgehead atoms. The molecule has 1 aliphatic heterocycles. The largest absolute Gasteiger partial charge is 0.492 e. The van der Waals surface area contributed by atoms with Crippen molar-refractivity contribution in [3.05, 3.63) is 23.3 Å². The summed E-state index contributed by atoms with van der Waals surface area (Å²) in [7, 11) is 1.40. The molecule has 1 unspecified atom stereocenters. The zero-order chi connectivity index (χ0) is 17.9. The fourth-order valence-corrected chi connectivity index (χ4v) is 2.69. The van der Waals surface area contributed by atoms with Crippen LogP contribution in [0.25, 0.3) is 0 Å². The van der Waals surface area contributed by atoms with Gasteiger partial charge in [-0.2, -0.15) is 0 Å². The Kier molecular flexibility index (Phi) is 5.18. The molecule has 128 valence electrons. The van der Waals surface area contributed by atoms with Crippen LogP contribution in [0.1, 0.15) is 40.5 Å². The monoisotopic (exact) mass is 333 g/mol. The van der Waals surface area contributed by atoms with Gasteiger partial charge < -0.3 is 20.6 Å². The lowest BCUT2D eigenvalue weighted by Crippen LogP contribution is -2.48. The molecule has 0 saturated heterocycles. The van der Waals surface area contributed by atoms with Gasteiger partial charge in [0.1, 0.15) is 18.1 Å². The van der Waals surface area contributed by atoms with Gasteiger partial charge in [0.05, 0.1) is 23.4 Å². The number of anilines is 1. The Hall–Kier alpha value is -2.90. The number of amides is 3. The fraction of sp³-hybridized carbons (Fsp3) is 0.375. The number of benzene rings is 1. The van der Waals surface area contributed by atoms with Crippen molar-refractivity contribution >= 4 is 29.7 Å². The number of aldehydes is 1. The summed E-state index contributed by atoms with van der Waals surface area (Å²) in [5, 5.41) is 2.41. The molecule has 0 spiro atoms. The second-order valence-electron chi connectivity index (χ2n) is 5.19. The van der Waals surface area contributed by atoms with Crippen molar-refractivity contribution < 1.29 is 23.9 Å². The van der Waals surface area contributed by atoms with Crippen molar-refractivity contribution in [3.8, 4) is 5.75 Å². The van der Waals surface area contributed by atoms with Gasteiger partial charge in [0.2, 0.25) is 5.91 Å². The quantitative estimate of drug-likeness (QED) is 0.422. The van der Waals surface area contributed by atoms with E-state index in [1.165, 1.54) is 19.2 Å². The molecule has 8 heteroatoms. The number of likely N-dealkylation sites (N-methyl/N-ethyl adjacent to an activating group) is 1. The molecule has 3 N–H and O–H groups in total. The highest BCUT2D eigenvalue weighted by Crippen LogP contribution is 2.35. The van der Waals surface area contributed by atoms with Crippen LogP contribution in [0.5, 0.6) is 5.75 Å². The lowest BCUT2D eigenvalue weighted by molar-refractivity contribution is -0.124. The topological polar surface area (TPSA) is 119 Å². The maximum Gasteiger partial charge on any atom is 0.264 e. The molecule has 2 rings (SSSR count). The van der Waals surface area contributed by atoms with Gasteiger partial charge in [-0.15, -0.1) is 0 Å². The molecule has 1 atom stereocenters. The van der Waals surface area contributed by atoms with E-state index in [1.54, 1.807) is 6.92 Å². The van der Waals surface area contributed by atoms with Crippen LogP contribution < -0.4 is 15.8 Å². The van der Waals surface area contributed by atoms with Crippen molar-refractivity contribution in [3.63, 3.8) is 0 Å². The number of imide groups is 1. The normalized spacial score (nSPS) is 14.3. The summed E-state index contributed by atoms with van der Waals surface area (Å²) in [6.07, 6.45) is 0.730. The number of hydrogen-bond donors (Lipinski definition) is 2. The molecule has 0 radical (unpaired) electrons. The number of rotatable bonds is 7. The SMILES string of the molecule is CCOc1ccc2c(c1N)C(=O)N(C(CCC=O)C(=O)NC)C2=O.